The Balaban J connectivity index is 2.07. The van der Waals surface area contributed by atoms with Crippen molar-refractivity contribution in [1.82, 2.24) is 0 Å². The van der Waals surface area contributed by atoms with Crippen LogP contribution >= 0.6 is 0 Å². The van der Waals surface area contributed by atoms with Gasteiger partial charge in [-0.1, -0.05) is 78.4 Å². The number of ether oxygens (including phenoxy) is 2. The summed E-state index contributed by atoms with van der Waals surface area (Å²) in [5.74, 6) is 0.925. The van der Waals surface area contributed by atoms with Crippen LogP contribution in [0.3, 0.4) is 0 Å². The zero-order chi connectivity index (χ0) is 21.6. The van der Waals surface area contributed by atoms with Crippen molar-refractivity contribution in [2.45, 2.75) is 97.2 Å². The van der Waals surface area contributed by atoms with Gasteiger partial charge in [-0.05, 0) is 48.7 Å². The Hall–Kier alpha value is -0.843. The second kappa shape index (κ2) is 14.2. The summed E-state index contributed by atoms with van der Waals surface area (Å²) >= 11 is 0. The Bertz CT molecular complexity index is 520. The molecule has 0 aromatic heterocycles. The van der Waals surface area contributed by atoms with Crippen LogP contribution in [-0.2, 0) is 15.6 Å². The second-order valence-electron chi connectivity index (χ2n) is 9.58. The molecule has 1 rings (SSSR count). The van der Waals surface area contributed by atoms with Crippen molar-refractivity contribution in [2.24, 2.45) is 0 Å². The van der Waals surface area contributed by atoms with Crippen LogP contribution in [0.5, 0.6) is 5.75 Å². The summed E-state index contributed by atoms with van der Waals surface area (Å²) in [5, 5.41) is 0.247. The molecule has 0 saturated heterocycles. The molecule has 1 aromatic carbocycles. The van der Waals surface area contributed by atoms with Gasteiger partial charge in [-0.2, -0.15) is 0 Å². The summed E-state index contributed by atoms with van der Waals surface area (Å²) in [5.41, 5.74) is 1.41. The van der Waals surface area contributed by atoms with E-state index in [1.807, 2.05) is 0 Å². The van der Waals surface area contributed by atoms with Crippen LogP contribution in [-0.4, -0.2) is 34.7 Å². The lowest BCUT2D eigenvalue weighted by atomic mass is 10.0. The first-order valence-corrected chi connectivity index (χ1v) is 14.6. The SMILES string of the molecule is CCCCCCCCCc1ccc(OCCOCCO[Si](C)(C)C(C)(C)C)cc1. The number of hydrogen-bond acceptors (Lipinski definition) is 3. The van der Waals surface area contributed by atoms with Crippen LogP contribution in [0.1, 0.15) is 78.2 Å². The van der Waals surface area contributed by atoms with Gasteiger partial charge in [0.05, 0.1) is 19.8 Å². The second-order valence-corrected chi connectivity index (χ2v) is 14.4. The van der Waals surface area contributed by atoms with Crippen LogP contribution in [0.2, 0.25) is 18.1 Å². The Labute approximate surface area is 181 Å². The van der Waals surface area contributed by atoms with Gasteiger partial charge in [-0.25, -0.2) is 0 Å². The Morgan fingerprint density at radius 3 is 1.97 bits per heavy atom. The molecule has 0 fully saturated rings. The van der Waals surface area contributed by atoms with E-state index in [0.29, 0.717) is 26.4 Å². The molecule has 0 amide bonds. The van der Waals surface area contributed by atoms with Gasteiger partial charge in [0.15, 0.2) is 8.32 Å². The average molecular weight is 423 g/mol. The van der Waals surface area contributed by atoms with Crippen LogP contribution in [0, 0.1) is 0 Å². The molecule has 168 valence electrons. The first kappa shape index (κ1) is 26.2. The summed E-state index contributed by atoms with van der Waals surface area (Å²) in [6.45, 7) is 16.1. The van der Waals surface area contributed by atoms with Crippen molar-refractivity contribution in [3.05, 3.63) is 29.8 Å². The minimum atomic E-state index is -1.66. The largest absolute Gasteiger partial charge is 0.491 e. The van der Waals surface area contributed by atoms with E-state index in [1.54, 1.807) is 0 Å². The van der Waals surface area contributed by atoms with Crippen LogP contribution in [0.15, 0.2) is 24.3 Å². The predicted molar refractivity (Wildman–Crippen MR) is 128 cm³/mol. The minimum absolute atomic E-state index is 0.247. The van der Waals surface area contributed by atoms with E-state index in [4.69, 9.17) is 13.9 Å². The van der Waals surface area contributed by atoms with E-state index < -0.39 is 8.32 Å². The minimum Gasteiger partial charge on any atom is -0.491 e. The Morgan fingerprint density at radius 1 is 0.759 bits per heavy atom. The summed E-state index contributed by atoms with van der Waals surface area (Å²) in [6, 6.07) is 8.55. The molecule has 0 aliphatic carbocycles. The molecule has 0 radical (unpaired) electrons. The van der Waals surface area contributed by atoms with Gasteiger partial charge in [0.1, 0.15) is 12.4 Å². The summed E-state index contributed by atoms with van der Waals surface area (Å²) in [4.78, 5) is 0. The fraction of sp³-hybridized carbons (Fsp3) is 0.760. The van der Waals surface area contributed by atoms with E-state index in [0.717, 1.165) is 5.75 Å². The molecule has 0 unspecified atom stereocenters. The smallest absolute Gasteiger partial charge is 0.192 e. The lowest BCUT2D eigenvalue weighted by Crippen LogP contribution is -2.41. The monoisotopic (exact) mass is 422 g/mol. The van der Waals surface area contributed by atoms with Crippen molar-refractivity contribution in [1.29, 1.82) is 0 Å². The zero-order valence-electron chi connectivity index (χ0n) is 20.0. The van der Waals surface area contributed by atoms with Crippen LogP contribution in [0.25, 0.3) is 0 Å². The quantitative estimate of drug-likeness (QED) is 0.205. The highest BCUT2D eigenvalue weighted by Gasteiger charge is 2.36. The summed E-state index contributed by atoms with van der Waals surface area (Å²) in [6.07, 6.45) is 10.7. The van der Waals surface area contributed by atoms with Crippen LogP contribution in [0.4, 0.5) is 0 Å². The fourth-order valence-corrected chi connectivity index (χ4v) is 3.96. The molecule has 1 aromatic rings. The highest BCUT2D eigenvalue weighted by atomic mass is 28.4. The first-order chi connectivity index (χ1) is 13.8. The van der Waals surface area contributed by atoms with Gasteiger partial charge >= 0.3 is 0 Å². The molecule has 3 nitrogen and oxygen atoms in total. The van der Waals surface area contributed by atoms with Gasteiger partial charge < -0.3 is 13.9 Å². The Morgan fingerprint density at radius 2 is 1.34 bits per heavy atom. The fourth-order valence-electron chi connectivity index (χ4n) is 2.93. The van der Waals surface area contributed by atoms with E-state index in [9.17, 15) is 0 Å². The molecule has 0 saturated carbocycles. The highest BCUT2D eigenvalue weighted by molar-refractivity contribution is 6.74. The van der Waals surface area contributed by atoms with Crippen LogP contribution < -0.4 is 4.74 Å². The lowest BCUT2D eigenvalue weighted by molar-refractivity contribution is 0.0730. The zero-order valence-corrected chi connectivity index (χ0v) is 21.0. The number of rotatable bonds is 16. The molecule has 0 aliphatic heterocycles. The van der Waals surface area contributed by atoms with Crippen molar-refractivity contribution < 1.29 is 13.9 Å². The normalized spacial score (nSPS) is 12.3. The van der Waals surface area contributed by atoms with Gasteiger partial charge in [-0.15, -0.1) is 0 Å². The molecule has 0 N–H and O–H groups in total. The molecule has 0 aliphatic rings. The maximum atomic E-state index is 6.11. The molecular weight excluding hydrogens is 376 g/mol. The third-order valence-electron chi connectivity index (χ3n) is 5.99. The standard InChI is InChI=1S/C25H46O3Si/c1-7-8-9-10-11-12-13-14-23-15-17-24(18-16-23)27-21-19-26-20-22-28-29(5,6)25(2,3)4/h15-18H,7-14,19-22H2,1-6H3. The molecule has 0 atom stereocenters. The highest BCUT2D eigenvalue weighted by Crippen LogP contribution is 2.36. The number of aryl methyl sites for hydroxylation is 1. The number of unbranched alkanes of at least 4 members (excludes halogenated alkanes) is 6. The van der Waals surface area contributed by atoms with Crippen molar-refractivity contribution in [2.75, 3.05) is 26.4 Å². The van der Waals surface area contributed by atoms with E-state index >= 15 is 0 Å². The first-order valence-electron chi connectivity index (χ1n) is 11.7. The third-order valence-corrected chi connectivity index (χ3v) is 10.5. The van der Waals surface area contributed by atoms with Crippen molar-refractivity contribution in [3.63, 3.8) is 0 Å². The van der Waals surface area contributed by atoms with Crippen molar-refractivity contribution >= 4 is 8.32 Å². The van der Waals surface area contributed by atoms with E-state index in [-0.39, 0.29) is 5.04 Å². The summed E-state index contributed by atoms with van der Waals surface area (Å²) in [7, 11) is -1.66. The van der Waals surface area contributed by atoms with Gasteiger partial charge in [-0.3, -0.25) is 0 Å². The molecule has 4 heteroatoms. The maximum absolute atomic E-state index is 6.11. The topological polar surface area (TPSA) is 27.7 Å². The maximum Gasteiger partial charge on any atom is 0.192 e. The molecule has 0 bridgehead atoms. The van der Waals surface area contributed by atoms with Crippen molar-refractivity contribution in [3.8, 4) is 5.75 Å². The predicted octanol–water partition coefficient (Wildman–Crippen LogP) is 7.40. The van der Waals surface area contributed by atoms with Gasteiger partial charge in [0.2, 0.25) is 0 Å². The average Bonchev–Trinajstić information content (AvgIpc) is 2.66. The lowest BCUT2D eigenvalue weighted by Gasteiger charge is -2.36. The summed E-state index contributed by atoms with van der Waals surface area (Å²) < 4.78 is 17.6. The molecule has 0 heterocycles. The molecular formula is C25H46O3Si. The Kier molecular flexibility index (Phi) is 12.8. The third kappa shape index (κ3) is 11.8. The number of benzene rings is 1. The molecule has 29 heavy (non-hydrogen) atoms. The van der Waals surface area contributed by atoms with E-state index in [1.165, 1.54) is 56.9 Å². The molecule has 0 spiro atoms. The number of hydrogen-bond donors (Lipinski definition) is 0. The van der Waals surface area contributed by atoms with Gasteiger partial charge in [0, 0.05) is 0 Å². The van der Waals surface area contributed by atoms with Gasteiger partial charge in [0.25, 0.3) is 0 Å². The van der Waals surface area contributed by atoms with E-state index in [2.05, 4.69) is 65.1 Å².